The van der Waals surface area contributed by atoms with Gasteiger partial charge in [-0.3, -0.25) is 19.6 Å². The number of hydrogen-bond donors (Lipinski definition) is 3. The van der Waals surface area contributed by atoms with Crippen LogP contribution < -0.4 is 10.8 Å². The molecule has 35 heavy (non-hydrogen) atoms. The van der Waals surface area contributed by atoms with Crippen LogP contribution >= 0.6 is 0 Å². The van der Waals surface area contributed by atoms with E-state index in [0.29, 0.717) is 0 Å². The van der Waals surface area contributed by atoms with E-state index in [1.807, 2.05) is 36.4 Å². The minimum absolute atomic E-state index is 0.0404. The summed E-state index contributed by atoms with van der Waals surface area (Å²) in [6.45, 7) is 0.149. The highest BCUT2D eigenvalue weighted by Crippen LogP contribution is 2.44. The Hall–Kier alpha value is -4.18. The topological polar surface area (TPSA) is 132 Å². The number of nitrogens with zero attached hydrogens (tertiary/aromatic N) is 2. The van der Waals surface area contributed by atoms with Gasteiger partial charge in [-0.25, -0.2) is 15.1 Å². The van der Waals surface area contributed by atoms with E-state index >= 15 is 0 Å². The number of aliphatic carboxylic acids is 1. The van der Waals surface area contributed by atoms with Crippen molar-refractivity contribution in [3.63, 3.8) is 0 Å². The summed E-state index contributed by atoms with van der Waals surface area (Å²) in [6, 6.07) is 17.4. The van der Waals surface area contributed by atoms with Gasteiger partial charge in [-0.2, -0.15) is 5.10 Å². The van der Waals surface area contributed by atoms with E-state index in [9.17, 15) is 19.5 Å². The Morgan fingerprint density at radius 1 is 1.09 bits per heavy atom. The Morgan fingerprint density at radius 3 is 2.31 bits per heavy atom. The number of fused-ring (bicyclic) bond motifs is 3. The molecular weight excluding hydrogens is 452 g/mol. The van der Waals surface area contributed by atoms with Crippen LogP contribution in [0.25, 0.3) is 11.1 Å². The third kappa shape index (κ3) is 4.60. The zero-order valence-electron chi connectivity index (χ0n) is 18.9. The molecule has 0 bridgehead atoms. The summed E-state index contributed by atoms with van der Waals surface area (Å²) in [5.41, 5.74) is 6.57. The van der Waals surface area contributed by atoms with E-state index in [0.717, 1.165) is 35.1 Å². The van der Waals surface area contributed by atoms with Crippen molar-refractivity contribution in [3.05, 3.63) is 71.4 Å². The van der Waals surface area contributed by atoms with Gasteiger partial charge in [-0.15, -0.1) is 0 Å². The summed E-state index contributed by atoms with van der Waals surface area (Å²) in [5.74, 6) is -1.79. The van der Waals surface area contributed by atoms with E-state index in [4.69, 9.17) is 9.57 Å². The fourth-order valence-corrected chi connectivity index (χ4v) is 4.35. The molecule has 1 saturated carbocycles. The van der Waals surface area contributed by atoms with Gasteiger partial charge in [-0.1, -0.05) is 48.5 Å². The molecule has 3 N–H and O–H groups in total. The molecule has 2 aromatic carbocycles. The van der Waals surface area contributed by atoms with Gasteiger partial charge in [0.15, 0.2) is 11.8 Å². The summed E-state index contributed by atoms with van der Waals surface area (Å²) in [5, 5.41) is 15.8. The molecule has 1 unspecified atom stereocenters. The van der Waals surface area contributed by atoms with Crippen LogP contribution in [-0.4, -0.2) is 45.6 Å². The van der Waals surface area contributed by atoms with Crippen LogP contribution in [0.1, 0.15) is 40.4 Å². The number of carbonyl (C=O) groups excluding carboxylic acids is 2. The van der Waals surface area contributed by atoms with Crippen molar-refractivity contribution in [2.75, 3.05) is 11.9 Å². The molecule has 1 heterocycles. The van der Waals surface area contributed by atoms with Crippen LogP contribution in [0.2, 0.25) is 0 Å². The third-order valence-corrected chi connectivity index (χ3v) is 6.26. The molecule has 0 aliphatic heterocycles. The second-order valence-corrected chi connectivity index (χ2v) is 8.63. The Kier molecular flexibility index (Phi) is 5.96. The molecule has 2 amide bonds. The number of nitrogens with one attached hydrogen (secondary N) is 2. The zero-order chi connectivity index (χ0) is 24.5. The lowest BCUT2D eigenvalue weighted by molar-refractivity contribution is -0.155. The van der Waals surface area contributed by atoms with E-state index in [2.05, 4.69) is 28.0 Å². The molecule has 2 aliphatic carbocycles. The molecule has 1 aromatic heterocycles. The number of hydrogen-bond acceptors (Lipinski definition) is 6. The van der Waals surface area contributed by atoms with Crippen LogP contribution in [0.5, 0.6) is 0 Å². The maximum atomic E-state index is 12.5. The smallest absolute Gasteiger partial charge is 0.412 e. The lowest BCUT2D eigenvalue weighted by Crippen LogP contribution is -2.35. The third-order valence-electron chi connectivity index (χ3n) is 6.26. The van der Waals surface area contributed by atoms with Crippen LogP contribution in [-0.2, 0) is 21.4 Å². The van der Waals surface area contributed by atoms with E-state index in [1.165, 1.54) is 10.7 Å². The molecule has 10 nitrogen and oxygen atoms in total. The summed E-state index contributed by atoms with van der Waals surface area (Å²) < 4.78 is 6.84. The number of ether oxygens (including phenoxy) is 1. The first kappa shape index (κ1) is 22.6. The maximum Gasteiger partial charge on any atom is 0.412 e. The Labute approximate surface area is 200 Å². The quantitative estimate of drug-likeness (QED) is 0.425. The first-order chi connectivity index (χ1) is 16.9. The van der Waals surface area contributed by atoms with Gasteiger partial charge in [0.2, 0.25) is 0 Å². The van der Waals surface area contributed by atoms with Crippen molar-refractivity contribution in [2.45, 2.75) is 24.9 Å². The van der Waals surface area contributed by atoms with Crippen LogP contribution in [0.3, 0.4) is 0 Å². The van der Waals surface area contributed by atoms with Crippen LogP contribution in [0, 0.1) is 5.92 Å². The summed E-state index contributed by atoms with van der Waals surface area (Å²) >= 11 is 0. The molecule has 2 aliphatic rings. The molecule has 5 rings (SSSR count). The molecule has 180 valence electrons. The van der Waals surface area contributed by atoms with Gasteiger partial charge >= 0.3 is 12.1 Å². The van der Waals surface area contributed by atoms with Crippen molar-refractivity contribution in [3.8, 4) is 11.1 Å². The predicted octanol–water partition coefficient (Wildman–Crippen LogP) is 3.31. The molecule has 0 saturated heterocycles. The Bertz CT molecular complexity index is 1250. The van der Waals surface area contributed by atoms with E-state index in [-0.39, 0.29) is 30.0 Å². The fourth-order valence-electron chi connectivity index (χ4n) is 4.35. The van der Waals surface area contributed by atoms with Crippen molar-refractivity contribution in [2.24, 2.45) is 13.0 Å². The molecule has 3 aromatic rings. The lowest BCUT2D eigenvalue weighted by atomic mass is 9.98. The van der Waals surface area contributed by atoms with Gasteiger partial charge in [0.1, 0.15) is 12.4 Å². The normalized spacial score (nSPS) is 15.1. The molecule has 1 fully saturated rings. The Morgan fingerprint density at radius 2 is 1.71 bits per heavy atom. The highest BCUT2D eigenvalue weighted by Gasteiger charge is 2.38. The minimum atomic E-state index is -1.13. The van der Waals surface area contributed by atoms with E-state index in [1.54, 1.807) is 7.05 Å². The fraction of sp³-hybridized carbons (Fsp3) is 0.280. The van der Waals surface area contributed by atoms with Crippen molar-refractivity contribution in [1.29, 1.82) is 0 Å². The number of carbonyl (C=O) groups is 3. The summed E-state index contributed by atoms with van der Waals surface area (Å²) in [4.78, 5) is 41.2. The van der Waals surface area contributed by atoms with Crippen LogP contribution in [0.15, 0.2) is 54.6 Å². The molecule has 0 radical (unpaired) electrons. The van der Waals surface area contributed by atoms with Gasteiger partial charge in [0, 0.05) is 19.0 Å². The highest BCUT2D eigenvalue weighted by atomic mass is 16.7. The number of carboxylic acid groups (broad SMARTS) is 1. The van der Waals surface area contributed by atoms with Gasteiger partial charge in [0.25, 0.3) is 5.91 Å². The number of rotatable bonds is 8. The molecule has 1 atom stereocenters. The van der Waals surface area contributed by atoms with Crippen molar-refractivity contribution >= 4 is 23.8 Å². The molecular formula is C25H24N4O6. The first-order valence-electron chi connectivity index (χ1n) is 11.3. The maximum absolute atomic E-state index is 12.5. The largest absolute Gasteiger partial charge is 0.479 e. The molecule has 10 heteroatoms. The number of aryl methyl sites for hydroxylation is 1. The first-order valence-corrected chi connectivity index (χ1v) is 11.3. The van der Waals surface area contributed by atoms with Gasteiger partial charge in [0.05, 0.1) is 0 Å². The monoisotopic (exact) mass is 476 g/mol. The second kappa shape index (κ2) is 9.22. The van der Waals surface area contributed by atoms with Crippen molar-refractivity contribution < 1.29 is 29.1 Å². The predicted molar refractivity (Wildman–Crippen MR) is 125 cm³/mol. The zero-order valence-corrected chi connectivity index (χ0v) is 18.9. The number of hydroxylamine groups is 1. The van der Waals surface area contributed by atoms with Crippen LogP contribution in [0.4, 0.5) is 10.6 Å². The minimum Gasteiger partial charge on any atom is -0.479 e. The number of anilines is 1. The second-order valence-electron chi connectivity index (χ2n) is 8.63. The average molecular weight is 476 g/mol. The number of amides is 2. The number of aromatic nitrogens is 2. The summed E-state index contributed by atoms with van der Waals surface area (Å²) in [6.07, 6.45) is -0.297. The van der Waals surface area contributed by atoms with Crippen molar-refractivity contribution in [1.82, 2.24) is 15.3 Å². The highest BCUT2D eigenvalue weighted by molar-refractivity contribution is 5.93. The number of benzene rings is 2. The van der Waals surface area contributed by atoms with Gasteiger partial charge in [-0.05, 0) is 41.0 Å². The molecule has 0 spiro atoms. The summed E-state index contributed by atoms with van der Waals surface area (Å²) in [7, 11) is 1.56. The Balaban J connectivity index is 1.20. The van der Waals surface area contributed by atoms with E-state index < -0.39 is 24.1 Å². The number of carboxylic acids is 1. The standard InChI is InChI=1S/C25H24N4O6/c1-29-21(12-20(27-29)23(30)28-35-22(24(31)32)14-10-11-14)26-25(33)34-13-19-17-8-4-2-6-15(17)16-7-3-5-9-18(16)19/h2-9,12,14,19,22H,10-11,13H2,1H3,(H,26,33)(H,28,30)(H,31,32). The van der Waals surface area contributed by atoms with Gasteiger partial charge < -0.3 is 9.84 Å². The lowest BCUT2D eigenvalue weighted by Gasteiger charge is -2.14. The SMILES string of the molecule is Cn1nc(C(=O)NOC(C(=O)O)C2CC2)cc1NC(=O)OCC1c2ccccc2-c2ccccc21. The average Bonchev–Trinajstić information content (AvgIpc) is 3.54.